The standard InChI is InChI=1S/C20H18N4O2S/c1-14-12-18(16-10-6-7-11-17(16)21-14)23-27(25,26)19-13-24(2)22-20(19)15-8-4-3-5-9-15/h3-13H,1-2H3,(H,21,23). The topological polar surface area (TPSA) is 76.9 Å². The second-order valence-electron chi connectivity index (χ2n) is 6.32. The second kappa shape index (κ2) is 6.51. The van der Waals surface area contributed by atoms with Crippen LogP contribution in [-0.2, 0) is 17.1 Å². The van der Waals surface area contributed by atoms with E-state index in [1.54, 1.807) is 13.1 Å². The van der Waals surface area contributed by atoms with Gasteiger partial charge in [-0.2, -0.15) is 5.10 Å². The predicted octanol–water partition coefficient (Wildman–Crippen LogP) is 3.74. The lowest BCUT2D eigenvalue weighted by Gasteiger charge is -2.11. The van der Waals surface area contributed by atoms with Gasteiger partial charge in [-0.05, 0) is 19.1 Å². The number of para-hydroxylation sites is 1. The Hall–Kier alpha value is -3.19. The first-order valence-corrected chi connectivity index (χ1v) is 9.91. The van der Waals surface area contributed by atoms with Crippen LogP contribution in [0.25, 0.3) is 22.2 Å². The molecule has 7 heteroatoms. The molecule has 6 nitrogen and oxygen atoms in total. The first-order valence-electron chi connectivity index (χ1n) is 8.42. The van der Waals surface area contributed by atoms with Crippen molar-refractivity contribution >= 4 is 26.6 Å². The summed E-state index contributed by atoms with van der Waals surface area (Å²) in [7, 11) is -2.13. The molecule has 0 aliphatic carbocycles. The third-order valence-electron chi connectivity index (χ3n) is 4.22. The van der Waals surface area contributed by atoms with E-state index in [1.807, 2.05) is 61.5 Å². The number of benzene rings is 2. The van der Waals surface area contributed by atoms with Gasteiger partial charge in [0.1, 0.15) is 10.6 Å². The van der Waals surface area contributed by atoms with Crippen LogP contribution < -0.4 is 4.72 Å². The van der Waals surface area contributed by atoms with Gasteiger partial charge in [-0.3, -0.25) is 14.4 Å². The van der Waals surface area contributed by atoms with Gasteiger partial charge in [-0.25, -0.2) is 8.42 Å². The maximum absolute atomic E-state index is 13.2. The summed E-state index contributed by atoms with van der Waals surface area (Å²) in [6.07, 6.45) is 1.51. The smallest absolute Gasteiger partial charge is 0.265 e. The molecule has 4 rings (SSSR count). The lowest BCUT2D eigenvalue weighted by Crippen LogP contribution is -2.14. The van der Waals surface area contributed by atoms with E-state index >= 15 is 0 Å². The maximum atomic E-state index is 13.2. The Morgan fingerprint density at radius 3 is 2.48 bits per heavy atom. The number of pyridine rings is 1. The van der Waals surface area contributed by atoms with Gasteiger partial charge in [-0.1, -0.05) is 48.5 Å². The van der Waals surface area contributed by atoms with Crippen molar-refractivity contribution in [2.24, 2.45) is 7.05 Å². The number of rotatable bonds is 4. The second-order valence-corrected chi connectivity index (χ2v) is 7.97. The SMILES string of the molecule is Cc1cc(NS(=O)(=O)c2cn(C)nc2-c2ccccc2)c2ccccc2n1. The third-order valence-corrected chi connectivity index (χ3v) is 5.59. The first kappa shape index (κ1) is 17.2. The molecule has 1 N–H and O–H groups in total. The summed E-state index contributed by atoms with van der Waals surface area (Å²) in [5.41, 5.74) is 3.14. The van der Waals surface area contributed by atoms with E-state index in [0.717, 1.165) is 22.2 Å². The summed E-state index contributed by atoms with van der Waals surface area (Å²) in [4.78, 5) is 4.59. The molecule has 0 saturated carbocycles. The first-order chi connectivity index (χ1) is 12.9. The van der Waals surface area contributed by atoms with E-state index in [0.29, 0.717) is 11.4 Å². The highest BCUT2D eigenvalue weighted by Crippen LogP contribution is 2.30. The quantitative estimate of drug-likeness (QED) is 0.587. The van der Waals surface area contributed by atoms with E-state index in [2.05, 4.69) is 14.8 Å². The number of anilines is 1. The Balaban J connectivity index is 1.83. The van der Waals surface area contributed by atoms with Gasteiger partial charge in [-0.15, -0.1) is 0 Å². The van der Waals surface area contributed by atoms with Crippen LogP contribution in [0.2, 0.25) is 0 Å². The molecule has 27 heavy (non-hydrogen) atoms. The molecule has 0 saturated heterocycles. The molecule has 0 fully saturated rings. The number of aromatic nitrogens is 3. The summed E-state index contributed by atoms with van der Waals surface area (Å²) in [5.74, 6) is 0. The van der Waals surface area contributed by atoms with E-state index in [9.17, 15) is 8.42 Å². The number of nitrogens with one attached hydrogen (secondary N) is 1. The highest BCUT2D eigenvalue weighted by Gasteiger charge is 2.24. The van der Waals surface area contributed by atoms with Crippen LogP contribution in [0.4, 0.5) is 5.69 Å². The Labute approximate surface area is 157 Å². The summed E-state index contributed by atoms with van der Waals surface area (Å²) >= 11 is 0. The minimum atomic E-state index is -3.84. The normalized spacial score (nSPS) is 11.6. The minimum Gasteiger partial charge on any atom is -0.279 e. The molecule has 136 valence electrons. The van der Waals surface area contributed by atoms with Crippen LogP contribution in [0.5, 0.6) is 0 Å². The highest BCUT2D eigenvalue weighted by molar-refractivity contribution is 7.92. The van der Waals surface area contributed by atoms with E-state index in [1.165, 1.54) is 10.9 Å². The van der Waals surface area contributed by atoms with Crippen LogP contribution in [0.3, 0.4) is 0 Å². The fraction of sp³-hybridized carbons (Fsp3) is 0.100. The van der Waals surface area contributed by atoms with Crippen LogP contribution in [-0.4, -0.2) is 23.2 Å². The minimum absolute atomic E-state index is 0.134. The number of hydrogen-bond donors (Lipinski definition) is 1. The highest BCUT2D eigenvalue weighted by atomic mass is 32.2. The Morgan fingerprint density at radius 1 is 1.00 bits per heavy atom. The van der Waals surface area contributed by atoms with Crippen molar-refractivity contribution in [3.8, 4) is 11.3 Å². The molecule has 2 heterocycles. The van der Waals surface area contributed by atoms with Crippen LogP contribution in [0, 0.1) is 6.92 Å². The average Bonchev–Trinajstić information content (AvgIpc) is 3.05. The van der Waals surface area contributed by atoms with Gasteiger partial charge in [0, 0.05) is 29.9 Å². The molecule has 0 aliphatic heterocycles. The molecule has 0 unspecified atom stereocenters. The van der Waals surface area contributed by atoms with Gasteiger partial charge >= 0.3 is 0 Å². The fourth-order valence-electron chi connectivity index (χ4n) is 3.05. The maximum Gasteiger partial charge on any atom is 0.265 e. The number of nitrogens with zero attached hydrogens (tertiary/aromatic N) is 3. The van der Waals surface area contributed by atoms with Gasteiger partial charge in [0.25, 0.3) is 10.0 Å². The summed E-state index contributed by atoms with van der Waals surface area (Å²) in [6, 6.07) is 18.4. The molecule has 4 aromatic rings. The zero-order valence-electron chi connectivity index (χ0n) is 14.9. The largest absolute Gasteiger partial charge is 0.279 e. The molecule has 2 aromatic carbocycles. The Bertz CT molecular complexity index is 1230. The van der Waals surface area contributed by atoms with E-state index < -0.39 is 10.0 Å². The molecular formula is C20H18N4O2S. The van der Waals surface area contributed by atoms with Gasteiger partial charge in [0.05, 0.1) is 11.2 Å². The number of aryl methyl sites for hydroxylation is 2. The van der Waals surface area contributed by atoms with Crippen LogP contribution >= 0.6 is 0 Å². The van der Waals surface area contributed by atoms with Gasteiger partial charge in [0.15, 0.2) is 0 Å². The molecule has 2 aromatic heterocycles. The van der Waals surface area contributed by atoms with Crippen LogP contribution in [0.15, 0.2) is 71.8 Å². The summed E-state index contributed by atoms with van der Waals surface area (Å²) in [6.45, 7) is 1.84. The number of hydrogen-bond acceptors (Lipinski definition) is 4. The third kappa shape index (κ3) is 3.29. The van der Waals surface area contributed by atoms with Crippen molar-refractivity contribution in [3.63, 3.8) is 0 Å². The zero-order valence-corrected chi connectivity index (χ0v) is 15.7. The van der Waals surface area contributed by atoms with E-state index in [-0.39, 0.29) is 4.90 Å². The zero-order chi connectivity index (χ0) is 19.0. The Kier molecular flexibility index (Phi) is 4.16. The van der Waals surface area contributed by atoms with Crippen molar-refractivity contribution in [3.05, 3.63) is 72.6 Å². The van der Waals surface area contributed by atoms with Crippen molar-refractivity contribution in [1.29, 1.82) is 0 Å². The summed E-state index contributed by atoms with van der Waals surface area (Å²) in [5, 5.41) is 5.10. The fourth-order valence-corrected chi connectivity index (χ4v) is 4.32. The van der Waals surface area contributed by atoms with Crippen molar-refractivity contribution < 1.29 is 8.42 Å². The monoisotopic (exact) mass is 378 g/mol. The van der Waals surface area contributed by atoms with Gasteiger partial charge < -0.3 is 0 Å². The van der Waals surface area contributed by atoms with Gasteiger partial charge in [0.2, 0.25) is 0 Å². The molecule has 0 bridgehead atoms. The summed E-state index contributed by atoms with van der Waals surface area (Å²) < 4.78 is 30.6. The predicted molar refractivity (Wildman–Crippen MR) is 106 cm³/mol. The van der Waals surface area contributed by atoms with Crippen molar-refractivity contribution in [1.82, 2.24) is 14.8 Å². The molecule has 0 radical (unpaired) electrons. The Morgan fingerprint density at radius 2 is 1.70 bits per heavy atom. The number of fused-ring (bicyclic) bond motifs is 1. The molecule has 0 spiro atoms. The average molecular weight is 378 g/mol. The molecule has 0 atom stereocenters. The van der Waals surface area contributed by atoms with Crippen molar-refractivity contribution in [2.45, 2.75) is 11.8 Å². The molecule has 0 amide bonds. The van der Waals surface area contributed by atoms with E-state index in [4.69, 9.17) is 0 Å². The number of sulfonamides is 1. The lowest BCUT2D eigenvalue weighted by molar-refractivity contribution is 0.601. The lowest BCUT2D eigenvalue weighted by atomic mass is 10.2. The van der Waals surface area contributed by atoms with Crippen LogP contribution in [0.1, 0.15) is 5.69 Å². The molecule has 0 aliphatic rings. The molecular weight excluding hydrogens is 360 g/mol. The van der Waals surface area contributed by atoms with Crippen molar-refractivity contribution in [2.75, 3.05) is 4.72 Å².